The molecule has 0 saturated carbocycles. The van der Waals surface area contributed by atoms with Gasteiger partial charge in [0.05, 0.1) is 16.3 Å². The van der Waals surface area contributed by atoms with Crippen LogP contribution in [0.15, 0.2) is 64.1 Å². The molecule has 4 heterocycles. The number of amides is 1. The highest BCUT2D eigenvalue weighted by molar-refractivity contribution is 7.13. The Balaban J connectivity index is 1.30. The zero-order valence-corrected chi connectivity index (χ0v) is 18.2. The Hall–Kier alpha value is -3.37. The Morgan fingerprint density at radius 2 is 1.74 bits per heavy atom. The van der Waals surface area contributed by atoms with E-state index in [1.54, 1.807) is 30.4 Å². The zero-order chi connectivity index (χ0) is 21.6. The molecule has 1 N–H and O–H groups in total. The van der Waals surface area contributed by atoms with Crippen LogP contribution in [-0.2, 0) is 4.79 Å². The average Bonchev–Trinajstić information content (AvgIpc) is 3.51. The van der Waals surface area contributed by atoms with Gasteiger partial charge in [-0.05, 0) is 41.9 Å². The Kier molecular flexibility index (Phi) is 6.48. The van der Waals surface area contributed by atoms with Gasteiger partial charge in [0, 0.05) is 12.1 Å². The largest absolute Gasteiger partial charge is 0.475 e. The van der Waals surface area contributed by atoms with E-state index in [1.165, 1.54) is 22.1 Å². The summed E-state index contributed by atoms with van der Waals surface area (Å²) < 4.78 is 6.73. The van der Waals surface area contributed by atoms with Gasteiger partial charge in [0.1, 0.15) is 24.0 Å². The highest BCUT2D eigenvalue weighted by atomic mass is 32.1. The van der Waals surface area contributed by atoms with E-state index in [2.05, 4.69) is 20.6 Å². The molecule has 1 amide bonds. The van der Waals surface area contributed by atoms with Crippen LogP contribution in [0, 0.1) is 0 Å². The van der Waals surface area contributed by atoms with Gasteiger partial charge in [0.25, 0.3) is 5.56 Å². The number of carbonyl (C=O) groups is 1. The summed E-state index contributed by atoms with van der Waals surface area (Å²) in [5, 5.41) is 19.2. The first-order valence-corrected chi connectivity index (χ1v) is 11.3. The molecule has 8 nitrogen and oxygen atoms in total. The van der Waals surface area contributed by atoms with Crippen molar-refractivity contribution in [3.05, 3.63) is 69.6 Å². The third-order valence-corrected chi connectivity index (χ3v) is 6.19. The van der Waals surface area contributed by atoms with Crippen LogP contribution in [0.4, 0.5) is 0 Å². The Morgan fingerprint density at radius 3 is 2.39 bits per heavy atom. The minimum absolute atomic E-state index is 0.225. The lowest BCUT2D eigenvalue weighted by Gasteiger charge is -2.14. The molecular weight excluding hydrogens is 434 g/mol. The molecule has 0 aliphatic heterocycles. The highest BCUT2D eigenvalue weighted by Gasteiger charge is 2.18. The van der Waals surface area contributed by atoms with Gasteiger partial charge in [-0.1, -0.05) is 12.1 Å². The Labute approximate surface area is 186 Å². The second-order valence-electron chi connectivity index (χ2n) is 6.53. The molecule has 0 bridgehead atoms. The molecule has 0 aromatic carbocycles. The van der Waals surface area contributed by atoms with Crippen molar-refractivity contribution in [2.45, 2.75) is 13.0 Å². The van der Waals surface area contributed by atoms with Gasteiger partial charge in [0.2, 0.25) is 11.8 Å². The van der Waals surface area contributed by atoms with E-state index in [9.17, 15) is 9.59 Å². The van der Waals surface area contributed by atoms with Crippen molar-refractivity contribution in [1.82, 2.24) is 25.3 Å². The summed E-state index contributed by atoms with van der Waals surface area (Å²) in [5.74, 6) is 0.0600. The van der Waals surface area contributed by atoms with E-state index in [0.717, 1.165) is 15.4 Å². The number of hydrogen-bond donors (Lipinski definition) is 1. The van der Waals surface area contributed by atoms with Gasteiger partial charge in [-0.15, -0.1) is 32.9 Å². The Morgan fingerprint density at radius 1 is 1.03 bits per heavy atom. The van der Waals surface area contributed by atoms with Crippen molar-refractivity contribution in [2.24, 2.45) is 0 Å². The first-order chi connectivity index (χ1) is 15.1. The topological polar surface area (TPSA) is 99.0 Å². The van der Waals surface area contributed by atoms with Gasteiger partial charge < -0.3 is 10.1 Å². The number of thiophene rings is 2. The van der Waals surface area contributed by atoms with Crippen molar-refractivity contribution >= 4 is 28.6 Å². The molecule has 0 spiro atoms. The number of nitrogens with zero attached hydrogens (tertiary/aromatic N) is 4. The molecule has 4 aromatic heterocycles. The molecule has 0 aliphatic carbocycles. The number of aromatic nitrogens is 4. The van der Waals surface area contributed by atoms with E-state index in [1.807, 2.05) is 41.1 Å². The minimum atomic E-state index is -0.753. The van der Waals surface area contributed by atoms with Crippen LogP contribution in [0.3, 0.4) is 0 Å². The maximum atomic E-state index is 12.5. The van der Waals surface area contributed by atoms with Crippen LogP contribution >= 0.6 is 22.7 Å². The third-order valence-electron chi connectivity index (χ3n) is 4.41. The van der Waals surface area contributed by atoms with Crippen molar-refractivity contribution in [3.63, 3.8) is 0 Å². The normalized spacial score (nSPS) is 11.8. The molecule has 10 heteroatoms. The fraction of sp³-hybridized carbons (Fsp3) is 0.190. The van der Waals surface area contributed by atoms with Crippen molar-refractivity contribution in [2.75, 3.05) is 13.2 Å². The third kappa shape index (κ3) is 5.04. The first kappa shape index (κ1) is 20.9. The number of rotatable bonds is 8. The highest BCUT2D eigenvalue weighted by Crippen LogP contribution is 2.23. The van der Waals surface area contributed by atoms with Crippen LogP contribution in [0.1, 0.15) is 13.0 Å². The SMILES string of the molecule is CC(C(=O)NCCOc1ccc(-c2cccs2)nn1)n1nc(-c2cccs2)ccc1=O. The van der Waals surface area contributed by atoms with Gasteiger partial charge in [0.15, 0.2) is 0 Å². The van der Waals surface area contributed by atoms with E-state index < -0.39 is 6.04 Å². The predicted molar refractivity (Wildman–Crippen MR) is 120 cm³/mol. The standard InChI is InChI=1S/C21H19N5O3S2/c1-14(26-20(27)9-7-16(25-26)18-5-3-13-31-18)21(28)22-10-11-29-19-8-6-15(23-24-19)17-4-2-12-30-17/h2-9,12-14H,10-11H2,1H3,(H,22,28). The monoisotopic (exact) mass is 453 g/mol. The lowest BCUT2D eigenvalue weighted by Crippen LogP contribution is -2.38. The summed E-state index contributed by atoms with van der Waals surface area (Å²) in [7, 11) is 0. The van der Waals surface area contributed by atoms with Crippen LogP contribution in [-0.4, -0.2) is 39.0 Å². The maximum Gasteiger partial charge on any atom is 0.267 e. The van der Waals surface area contributed by atoms with E-state index in [0.29, 0.717) is 11.6 Å². The number of ether oxygens (including phenoxy) is 1. The van der Waals surface area contributed by atoms with Gasteiger partial charge in [-0.2, -0.15) is 5.10 Å². The molecule has 0 fully saturated rings. The van der Waals surface area contributed by atoms with E-state index in [-0.39, 0.29) is 24.6 Å². The van der Waals surface area contributed by atoms with Crippen molar-refractivity contribution in [3.8, 4) is 27.0 Å². The molecule has 31 heavy (non-hydrogen) atoms. The van der Waals surface area contributed by atoms with Crippen LogP contribution in [0.25, 0.3) is 21.1 Å². The summed E-state index contributed by atoms with van der Waals surface area (Å²) in [6.07, 6.45) is 0. The summed E-state index contributed by atoms with van der Waals surface area (Å²) in [6, 6.07) is 13.7. The predicted octanol–water partition coefficient (Wildman–Crippen LogP) is 3.25. The average molecular weight is 454 g/mol. The van der Waals surface area contributed by atoms with Crippen LogP contribution < -0.4 is 15.6 Å². The minimum Gasteiger partial charge on any atom is -0.475 e. The Bertz CT molecular complexity index is 1190. The quantitative estimate of drug-likeness (QED) is 0.411. The molecule has 1 atom stereocenters. The number of nitrogens with one attached hydrogen (secondary N) is 1. The molecule has 0 radical (unpaired) electrons. The summed E-state index contributed by atoms with van der Waals surface area (Å²) >= 11 is 3.11. The van der Waals surface area contributed by atoms with Crippen molar-refractivity contribution in [1.29, 1.82) is 0 Å². The van der Waals surface area contributed by atoms with Crippen LogP contribution in [0.2, 0.25) is 0 Å². The van der Waals surface area contributed by atoms with Gasteiger partial charge in [-0.25, -0.2) is 4.68 Å². The van der Waals surface area contributed by atoms with Crippen LogP contribution in [0.5, 0.6) is 5.88 Å². The lowest BCUT2D eigenvalue weighted by molar-refractivity contribution is -0.124. The van der Waals surface area contributed by atoms with Gasteiger partial charge >= 0.3 is 0 Å². The lowest BCUT2D eigenvalue weighted by atomic mass is 10.3. The smallest absolute Gasteiger partial charge is 0.267 e. The van der Waals surface area contributed by atoms with Crippen molar-refractivity contribution < 1.29 is 9.53 Å². The summed E-state index contributed by atoms with van der Waals surface area (Å²) in [4.78, 5) is 26.7. The molecular formula is C21H19N5O3S2. The molecule has 1 unspecified atom stereocenters. The summed E-state index contributed by atoms with van der Waals surface area (Å²) in [5.41, 5.74) is 1.11. The molecule has 4 aromatic rings. The molecule has 0 aliphatic rings. The van der Waals surface area contributed by atoms with E-state index in [4.69, 9.17) is 4.74 Å². The first-order valence-electron chi connectivity index (χ1n) is 9.53. The molecule has 4 rings (SSSR count). The number of carbonyl (C=O) groups excluding carboxylic acids is 1. The second-order valence-corrected chi connectivity index (χ2v) is 8.42. The zero-order valence-electron chi connectivity index (χ0n) is 16.6. The molecule has 0 saturated heterocycles. The van der Waals surface area contributed by atoms with Gasteiger partial charge in [-0.3, -0.25) is 9.59 Å². The summed E-state index contributed by atoms with van der Waals surface area (Å²) in [6.45, 7) is 2.12. The maximum absolute atomic E-state index is 12.5. The fourth-order valence-corrected chi connectivity index (χ4v) is 4.18. The molecule has 158 valence electrons. The number of hydrogen-bond acceptors (Lipinski definition) is 8. The van der Waals surface area contributed by atoms with E-state index >= 15 is 0 Å². The fourth-order valence-electron chi connectivity index (χ4n) is 2.80. The second kappa shape index (κ2) is 9.63.